The van der Waals surface area contributed by atoms with Crippen LogP contribution in [0.25, 0.3) is 0 Å². The van der Waals surface area contributed by atoms with Crippen LogP contribution in [0, 0.1) is 0 Å². The van der Waals surface area contributed by atoms with Gasteiger partial charge in [0.05, 0.1) is 19.5 Å². The standard InChI is InChI=1S/C28H34O7/c1-5-26(30)35-25-15-11-23(12-16-25)28(4,22-9-13-24(14-10-22)34-21(3)29)18-17-27(31)33-20-8-7-19-32-6-2/h6,9-16H,2,5,7-8,17-20H2,1,3-4H3. The van der Waals surface area contributed by atoms with Gasteiger partial charge >= 0.3 is 17.9 Å². The summed E-state index contributed by atoms with van der Waals surface area (Å²) in [5.41, 5.74) is 1.35. The smallest absolute Gasteiger partial charge is 0.310 e. The van der Waals surface area contributed by atoms with Crippen LogP contribution in [-0.2, 0) is 29.3 Å². The van der Waals surface area contributed by atoms with Crippen LogP contribution in [0.4, 0.5) is 0 Å². The van der Waals surface area contributed by atoms with E-state index >= 15 is 0 Å². The average molecular weight is 483 g/mol. The van der Waals surface area contributed by atoms with Gasteiger partial charge in [-0.3, -0.25) is 14.4 Å². The van der Waals surface area contributed by atoms with Crippen molar-refractivity contribution in [2.75, 3.05) is 13.2 Å². The molecule has 7 heteroatoms. The lowest BCUT2D eigenvalue weighted by atomic mass is 9.73. The molecule has 35 heavy (non-hydrogen) atoms. The molecule has 0 aromatic heterocycles. The molecular formula is C28H34O7. The number of carbonyl (C=O) groups excluding carboxylic acids is 3. The molecule has 0 N–H and O–H groups in total. The number of hydrogen-bond donors (Lipinski definition) is 0. The van der Waals surface area contributed by atoms with Gasteiger partial charge in [0, 0.05) is 25.2 Å². The number of carbonyl (C=O) groups is 3. The van der Waals surface area contributed by atoms with E-state index in [4.69, 9.17) is 18.9 Å². The van der Waals surface area contributed by atoms with E-state index in [1.54, 1.807) is 31.2 Å². The van der Waals surface area contributed by atoms with Crippen molar-refractivity contribution in [1.29, 1.82) is 0 Å². The van der Waals surface area contributed by atoms with Crippen molar-refractivity contribution in [1.82, 2.24) is 0 Å². The third kappa shape index (κ3) is 8.92. The van der Waals surface area contributed by atoms with Gasteiger partial charge in [-0.1, -0.05) is 44.7 Å². The van der Waals surface area contributed by atoms with E-state index in [9.17, 15) is 14.4 Å². The van der Waals surface area contributed by atoms with Crippen LogP contribution in [0.2, 0.25) is 0 Å². The SMILES string of the molecule is C=COCCCCOC(=O)CCC(C)(c1ccc(OC(C)=O)cc1)c1ccc(OC(=O)CC)cc1. The fourth-order valence-corrected chi connectivity index (χ4v) is 3.59. The molecule has 1 unspecified atom stereocenters. The molecule has 1 atom stereocenters. The van der Waals surface area contributed by atoms with Crippen LogP contribution in [0.3, 0.4) is 0 Å². The van der Waals surface area contributed by atoms with Gasteiger partial charge in [-0.15, -0.1) is 0 Å². The Hall–Kier alpha value is -3.61. The van der Waals surface area contributed by atoms with Gasteiger partial charge in [-0.2, -0.15) is 0 Å². The summed E-state index contributed by atoms with van der Waals surface area (Å²) < 4.78 is 20.9. The molecule has 0 aliphatic carbocycles. The molecule has 0 heterocycles. The largest absolute Gasteiger partial charge is 0.502 e. The lowest BCUT2D eigenvalue weighted by molar-refractivity contribution is -0.144. The summed E-state index contributed by atoms with van der Waals surface area (Å²) in [6, 6.07) is 14.5. The Kier molecular flexibility index (Phi) is 11.0. The molecule has 0 spiro atoms. The molecule has 2 aromatic rings. The van der Waals surface area contributed by atoms with Crippen molar-refractivity contribution in [3.8, 4) is 11.5 Å². The molecular weight excluding hydrogens is 448 g/mol. The molecule has 2 aromatic carbocycles. The fraction of sp³-hybridized carbons (Fsp3) is 0.393. The van der Waals surface area contributed by atoms with Crippen molar-refractivity contribution >= 4 is 17.9 Å². The lowest BCUT2D eigenvalue weighted by Crippen LogP contribution is -2.25. The Morgan fingerprint density at radius 3 is 1.91 bits per heavy atom. The highest BCUT2D eigenvalue weighted by Gasteiger charge is 2.30. The molecule has 0 saturated heterocycles. The second-order valence-corrected chi connectivity index (χ2v) is 8.27. The maximum absolute atomic E-state index is 12.4. The zero-order valence-electron chi connectivity index (χ0n) is 20.7. The highest BCUT2D eigenvalue weighted by Crippen LogP contribution is 2.38. The predicted octanol–water partition coefficient (Wildman–Crippen LogP) is 5.50. The first-order valence-electron chi connectivity index (χ1n) is 11.8. The van der Waals surface area contributed by atoms with Gasteiger partial charge in [-0.25, -0.2) is 0 Å². The van der Waals surface area contributed by atoms with E-state index in [-0.39, 0.29) is 24.8 Å². The highest BCUT2D eigenvalue weighted by molar-refractivity contribution is 5.72. The van der Waals surface area contributed by atoms with E-state index < -0.39 is 11.4 Å². The second-order valence-electron chi connectivity index (χ2n) is 8.27. The lowest BCUT2D eigenvalue weighted by Gasteiger charge is -2.31. The molecule has 0 saturated carbocycles. The second kappa shape index (κ2) is 13.9. The Morgan fingerprint density at radius 1 is 0.857 bits per heavy atom. The maximum Gasteiger partial charge on any atom is 0.310 e. The average Bonchev–Trinajstić information content (AvgIpc) is 2.85. The van der Waals surface area contributed by atoms with Gasteiger partial charge in [0.2, 0.25) is 0 Å². The van der Waals surface area contributed by atoms with Crippen molar-refractivity contribution in [2.24, 2.45) is 0 Å². The van der Waals surface area contributed by atoms with Crippen LogP contribution < -0.4 is 9.47 Å². The van der Waals surface area contributed by atoms with Crippen LogP contribution >= 0.6 is 0 Å². The molecule has 0 amide bonds. The third-order valence-electron chi connectivity index (χ3n) is 5.63. The summed E-state index contributed by atoms with van der Waals surface area (Å²) in [6.45, 7) is 9.51. The number of hydrogen-bond acceptors (Lipinski definition) is 7. The minimum atomic E-state index is -0.543. The van der Waals surface area contributed by atoms with Gasteiger partial charge < -0.3 is 18.9 Å². The van der Waals surface area contributed by atoms with Crippen molar-refractivity contribution < 1.29 is 33.3 Å². The van der Waals surface area contributed by atoms with Crippen molar-refractivity contribution in [3.05, 3.63) is 72.5 Å². The Morgan fingerprint density at radius 2 is 1.40 bits per heavy atom. The van der Waals surface area contributed by atoms with E-state index in [1.807, 2.05) is 31.2 Å². The molecule has 188 valence electrons. The first kappa shape index (κ1) is 27.6. The van der Waals surface area contributed by atoms with E-state index in [0.29, 0.717) is 37.6 Å². The molecule has 0 aliphatic heterocycles. The quantitative estimate of drug-likeness (QED) is 0.152. The van der Waals surface area contributed by atoms with Crippen molar-refractivity contribution in [2.45, 2.75) is 58.3 Å². The van der Waals surface area contributed by atoms with E-state index in [2.05, 4.69) is 6.58 Å². The minimum Gasteiger partial charge on any atom is -0.502 e. The normalized spacial score (nSPS) is 12.2. The van der Waals surface area contributed by atoms with Crippen molar-refractivity contribution in [3.63, 3.8) is 0 Å². The summed E-state index contributed by atoms with van der Waals surface area (Å²) in [6.07, 6.45) is 3.89. The minimum absolute atomic E-state index is 0.220. The number of benzene rings is 2. The van der Waals surface area contributed by atoms with Gasteiger partial charge in [0.1, 0.15) is 11.5 Å². The fourth-order valence-electron chi connectivity index (χ4n) is 3.59. The summed E-state index contributed by atoms with van der Waals surface area (Å²) in [5, 5.41) is 0. The van der Waals surface area contributed by atoms with Crippen LogP contribution in [0.15, 0.2) is 61.4 Å². The summed E-state index contributed by atoms with van der Waals surface area (Å²) >= 11 is 0. The molecule has 7 nitrogen and oxygen atoms in total. The summed E-state index contributed by atoms with van der Waals surface area (Å²) in [7, 11) is 0. The number of unbranched alkanes of at least 4 members (excludes halogenated alkanes) is 1. The summed E-state index contributed by atoms with van der Waals surface area (Å²) in [5.74, 6) is -0.0546. The van der Waals surface area contributed by atoms with Crippen LogP contribution in [-0.4, -0.2) is 31.1 Å². The Labute approximate surface area is 207 Å². The highest BCUT2D eigenvalue weighted by atomic mass is 16.5. The zero-order valence-corrected chi connectivity index (χ0v) is 20.7. The monoisotopic (exact) mass is 482 g/mol. The number of esters is 3. The van der Waals surface area contributed by atoms with Gasteiger partial charge in [0.15, 0.2) is 0 Å². The number of ether oxygens (including phenoxy) is 4. The maximum atomic E-state index is 12.4. The first-order chi connectivity index (χ1) is 16.8. The zero-order chi connectivity index (χ0) is 25.7. The number of rotatable bonds is 14. The first-order valence-corrected chi connectivity index (χ1v) is 11.8. The van der Waals surface area contributed by atoms with Crippen LogP contribution in [0.1, 0.15) is 64.0 Å². The van der Waals surface area contributed by atoms with E-state index in [0.717, 1.165) is 17.5 Å². The van der Waals surface area contributed by atoms with Gasteiger partial charge in [0.25, 0.3) is 0 Å². The summed E-state index contributed by atoms with van der Waals surface area (Å²) in [4.78, 5) is 35.3. The molecule has 0 radical (unpaired) electrons. The van der Waals surface area contributed by atoms with Crippen LogP contribution in [0.5, 0.6) is 11.5 Å². The molecule has 2 rings (SSSR count). The predicted molar refractivity (Wildman–Crippen MR) is 132 cm³/mol. The van der Waals surface area contributed by atoms with E-state index in [1.165, 1.54) is 13.2 Å². The van der Waals surface area contributed by atoms with Gasteiger partial charge in [-0.05, 0) is 54.7 Å². The Bertz CT molecular complexity index is 979. The topological polar surface area (TPSA) is 88.1 Å². The Balaban J connectivity index is 2.16. The molecule has 0 bridgehead atoms. The molecule has 0 aliphatic rings. The molecule has 0 fully saturated rings. The third-order valence-corrected chi connectivity index (χ3v) is 5.63.